The van der Waals surface area contributed by atoms with Crippen LogP contribution in [0.3, 0.4) is 0 Å². The number of aromatic nitrogens is 1. The van der Waals surface area contributed by atoms with Gasteiger partial charge < -0.3 is 10.1 Å². The number of carbonyl (C=O) groups excluding carboxylic acids is 1. The van der Waals surface area contributed by atoms with Crippen LogP contribution < -0.4 is 14.8 Å². The maximum atomic E-state index is 12.4. The second-order valence-corrected chi connectivity index (χ2v) is 7.57. The molecule has 7 nitrogen and oxygen atoms in total. The van der Waals surface area contributed by atoms with Gasteiger partial charge in [0.25, 0.3) is 15.9 Å². The average molecular weight is 397 g/mol. The molecule has 0 aliphatic carbocycles. The third-order valence-electron chi connectivity index (χ3n) is 3.89. The molecule has 3 rings (SSSR count). The number of hydrogen-bond acceptors (Lipinski definition) is 5. The van der Waals surface area contributed by atoms with E-state index < -0.39 is 10.0 Å². The van der Waals surface area contributed by atoms with Crippen LogP contribution in [0, 0.1) is 0 Å². The van der Waals surface area contributed by atoms with Gasteiger partial charge in [-0.1, -0.05) is 24.3 Å². The van der Waals surface area contributed by atoms with Crippen LogP contribution in [0.1, 0.15) is 15.9 Å². The van der Waals surface area contributed by atoms with Crippen LogP contribution in [0.15, 0.2) is 77.8 Å². The van der Waals surface area contributed by atoms with Crippen LogP contribution in [0.25, 0.3) is 0 Å². The molecule has 0 fully saturated rings. The molecule has 0 spiro atoms. The highest BCUT2D eigenvalue weighted by molar-refractivity contribution is 7.92. The number of amides is 1. The first-order chi connectivity index (χ1) is 13.5. The maximum absolute atomic E-state index is 12.4. The predicted octanol–water partition coefficient (Wildman–Crippen LogP) is 2.82. The Bertz CT molecular complexity index is 1070. The number of pyridine rings is 1. The van der Waals surface area contributed by atoms with E-state index in [2.05, 4.69) is 15.0 Å². The fourth-order valence-corrected chi connectivity index (χ4v) is 3.56. The largest absolute Gasteiger partial charge is 0.481 e. The second kappa shape index (κ2) is 8.53. The number of sulfonamides is 1. The maximum Gasteiger partial charge on any atom is 0.261 e. The number of nitrogens with zero attached hydrogens (tertiary/aromatic N) is 1. The summed E-state index contributed by atoms with van der Waals surface area (Å²) in [4.78, 5) is 16.6. The summed E-state index contributed by atoms with van der Waals surface area (Å²) in [5.41, 5.74) is 1.48. The third-order valence-corrected chi connectivity index (χ3v) is 5.29. The number of ether oxygens (including phenoxy) is 1. The number of carbonyl (C=O) groups is 1. The first kappa shape index (κ1) is 19.4. The summed E-state index contributed by atoms with van der Waals surface area (Å²) in [6.45, 7) is 0.289. The lowest BCUT2D eigenvalue weighted by atomic mass is 10.2. The molecule has 28 heavy (non-hydrogen) atoms. The minimum atomic E-state index is -3.72. The van der Waals surface area contributed by atoms with E-state index in [1.165, 1.54) is 25.3 Å². The van der Waals surface area contributed by atoms with Gasteiger partial charge in [-0.15, -0.1) is 0 Å². The second-order valence-electron chi connectivity index (χ2n) is 5.89. The van der Waals surface area contributed by atoms with Crippen molar-refractivity contribution in [3.8, 4) is 5.88 Å². The third kappa shape index (κ3) is 4.86. The Kier molecular flexibility index (Phi) is 5.90. The van der Waals surface area contributed by atoms with E-state index in [0.29, 0.717) is 17.1 Å². The molecule has 0 unspecified atom stereocenters. The number of anilines is 1. The Morgan fingerprint density at radius 1 is 1.04 bits per heavy atom. The summed E-state index contributed by atoms with van der Waals surface area (Å²) in [5.74, 6) is 0.139. The highest BCUT2D eigenvalue weighted by atomic mass is 32.2. The van der Waals surface area contributed by atoms with Gasteiger partial charge in [0.05, 0.1) is 12.0 Å². The lowest BCUT2D eigenvalue weighted by molar-refractivity contribution is 0.0951. The molecular formula is C20H19N3O4S. The fourth-order valence-electron chi connectivity index (χ4n) is 2.49. The number of hydrogen-bond donors (Lipinski definition) is 2. The van der Waals surface area contributed by atoms with E-state index in [4.69, 9.17) is 4.74 Å². The molecule has 0 atom stereocenters. The zero-order valence-corrected chi connectivity index (χ0v) is 15.9. The van der Waals surface area contributed by atoms with Gasteiger partial charge in [0.15, 0.2) is 0 Å². The first-order valence-corrected chi connectivity index (χ1v) is 9.91. The van der Waals surface area contributed by atoms with E-state index in [-0.39, 0.29) is 17.3 Å². The molecule has 2 aromatic carbocycles. The number of benzene rings is 2. The highest BCUT2D eigenvalue weighted by Crippen LogP contribution is 2.17. The Hall–Kier alpha value is -3.39. The summed E-state index contributed by atoms with van der Waals surface area (Å²) in [7, 11) is -2.20. The van der Waals surface area contributed by atoms with Gasteiger partial charge in [0.2, 0.25) is 5.88 Å². The lowest BCUT2D eigenvalue weighted by Crippen LogP contribution is -2.23. The zero-order chi connectivity index (χ0) is 20.0. The molecule has 0 aliphatic heterocycles. The molecule has 8 heteroatoms. The lowest BCUT2D eigenvalue weighted by Gasteiger charge is -2.10. The summed E-state index contributed by atoms with van der Waals surface area (Å²) in [6.07, 6.45) is 1.60. The van der Waals surface area contributed by atoms with Crippen molar-refractivity contribution in [1.82, 2.24) is 10.3 Å². The summed E-state index contributed by atoms with van der Waals surface area (Å²) in [5, 5.41) is 2.79. The van der Waals surface area contributed by atoms with Crippen molar-refractivity contribution >= 4 is 21.6 Å². The average Bonchev–Trinajstić information content (AvgIpc) is 2.72. The predicted molar refractivity (Wildman–Crippen MR) is 106 cm³/mol. The van der Waals surface area contributed by atoms with Crippen molar-refractivity contribution in [2.24, 2.45) is 0 Å². The summed E-state index contributed by atoms with van der Waals surface area (Å²) >= 11 is 0. The van der Waals surface area contributed by atoms with Crippen molar-refractivity contribution in [3.05, 3.63) is 84.1 Å². The van der Waals surface area contributed by atoms with Crippen LogP contribution in [0.5, 0.6) is 5.88 Å². The standard InChI is InChI=1S/C20H19N3O4S/c1-27-19-12-15(10-11-21-19)14-22-20(24)16-6-5-7-17(13-16)23-28(25,26)18-8-3-2-4-9-18/h2-13,23H,14H2,1H3,(H,22,24). The Balaban J connectivity index is 1.69. The van der Waals surface area contributed by atoms with Gasteiger partial charge in [0.1, 0.15) is 0 Å². The van der Waals surface area contributed by atoms with Crippen LogP contribution in [-0.4, -0.2) is 26.4 Å². The number of nitrogens with one attached hydrogen (secondary N) is 2. The van der Waals surface area contributed by atoms with Crippen molar-refractivity contribution < 1.29 is 17.9 Å². The molecule has 144 valence electrons. The topological polar surface area (TPSA) is 97.4 Å². The van der Waals surface area contributed by atoms with Crippen LogP contribution >= 0.6 is 0 Å². The molecule has 0 bridgehead atoms. The Morgan fingerprint density at radius 3 is 2.57 bits per heavy atom. The van der Waals surface area contributed by atoms with Gasteiger partial charge >= 0.3 is 0 Å². The monoisotopic (exact) mass is 397 g/mol. The molecule has 1 aromatic heterocycles. The zero-order valence-electron chi connectivity index (χ0n) is 15.1. The smallest absolute Gasteiger partial charge is 0.261 e. The fraction of sp³-hybridized carbons (Fsp3) is 0.100. The van der Waals surface area contributed by atoms with E-state index in [0.717, 1.165) is 5.56 Å². The number of rotatable bonds is 7. The molecule has 0 radical (unpaired) electrons. The van der Waals surface area contributed by atoms with Gasteiger partial charge in [-0.3, -0.25) is 9.52 Å². The van der Waals surface area contributed by atoms with Crippen LogP contribution in [0.2, 0.25) is 0 Å². The van der Waals surface area contributed by atoms with Gasteiger partial charge in [0, 0.05) is 30.1 Å². The van der Waals surface area contributed by atoms with Gasteiger partial charge in [-0.05, 0) is 42.0 Å². The molecule has 1 amide bonds. The number of methoxy groups -OCH3 is 1. The molecule has 1 heterocycles. The minimum absolute atomic E-state index is 0.150. The molecule has 0 saturated heterocycles. The quantitative estimate of drug-likeness (QED) is 0.639. The van der Waals surface area contributed by atoms with E-state index in [9.17, 15) is 13.2 Å². The Labute approximate surface area is 163 Å². The van der Waals surface area contributed by atoms with Crippen molar-refractivity contribution in [2.75, 3.05) is 11.8 Å². The SMILES string of the molecule is COc1cc(CNC(=O)c2cccc(NS(=O)(=O)c3ccccc3)c2)ccn1. The van der Waals surface area contributed by atoms with Crippen molar-refractivity contribution in [3.63, 3.8) is 0 Å². The van der Waals surface area contributed by atoms with Crippen molar-refractivity contribution in [1.29, 1.82) is 0 Å². The normalized spacial score (nSPS) is 10.9. The van der Waals surface area contributed by atoms with Gasteiger partial charge in [-0.2, -0.15) is 0 Å². The molecule has 3 aromatic rings. The molecule has 2 N–H and O–H groups in total. The van der Waals surface area contributed by atoms with E-state index in [1.807, 2.05) is 0 Å². The minimum Gasteiger partial charge on any atom is -0.481 e. The van der Waals surface area contributed by atoms with E-state index in [1.54, 1.807) is 54.7 Å². The molecular weight excluding hydrogens is 378 g/mol. The molecule has 0 saturated carbocycles. The van der Waals surface area contributed by atoms with Crippen molar-refractivity contribution in [2.45, 2.75) is 11.4 Å². The van der Waals surface area contributed by atoms with Gasteiger partial charge in [-0.25, -0.2) is 13.4 Å². The summed E-state index contributed by atoms with van der Waals surface area (Å²) < 4.78 is 32.4. The molecule has 0 aliphatic rings. The van der Waals surface area contributed by atoms with E-state index >= 15 is 0 Å². The Morgan fingerprint density at radius 2 is 1.82 bits per heavy atom. The highest BCUT2D eigenvalue weighted by Gasteiger charge is 2.14. The van der Waals surface area contributed by atoms with Crippen LogP contribution in [0.4, 0.5) is 5.69 Å². The first-order valence-electron chi connectivity index (χ1n) is 8.43. The summed E-state index contributed by atoms with van der Waals surface area (Å²) in [6, 6.07) is 17.8. The van der Waals surface area contributed by atoms with Crippen LogP contribution in [-0.2, 0) is 16.6 Å².